The van der Waals surface area contributed by atoms with Gasteiger partial charge in [0.2, 0.25) is 5.91 Å². The number of halogens is 1. The van der Waals surface area contributed by atoms with E-state index in [1.165, 1.54) is 17.1 Å². The van der Waals surface area contributed by atoms with Crippen molar-refractivity contribution >= 4 is 40.5 Å². The number of rotatable bonds is 8. The lowest BCUT2D eigenvalue weighted by molar-refractivity contribution is -0.113. The molecule has 2 aromatic heterocycles. The molecule has 0 bridgehead atoms. The molecule has 0 radical (unpaired) electrons. The molecule has 0 spiro atoms. The second kappa shape index (κ2) is 10.2. The van der Waals surface area contributed by atoms with E-state index in [1.54, 1.807) is 49.4 Å². The van der Waals surface area contributed by atoms with Gasteiger partial charge in [-0.2, -0.15) is 0 Å². The SMILES string of the molecule is CCOC(=O)c1ccccc1NC(=O)CSc1ncnc2c1nnn2Cc1ccccc1F. The number of aromatic nitrogens is 5. The van der Waals surface area contributed by atoms with Crippen LogP contribution >= 0.6 is 11.8 Å². The molecule has 0 saturated carbocycles. The van der Waals surface area contributed by atoms with E-state index in [2.05, 4.69) is 25.6 Å². The van der Waals surface area contributed by atoms with Crippen molar-refractivity contribution in [1.82, 2.24) is 25.0 Å². The lowest BCUT2D eigenvalue weighted by atomic mass is 10.2. The second-order valence-corrected chi connectivity index (χ2v) is 7.76. The number of nitrogens with one attached hydrogen (secondary N) is 1. The van der Waals surface area contributed by atoms with Crippen molar-refractivity contribution in [3.8, 4) is 0 Å². The van der Waals surface area contributed by atoms with Gasteiger partial charge in [-0.15, -0.1) is 5.10 Å². The number of benzene rings is 2. The number of hydrogen-bond acceptors (Lipinski definition) is 8. The van der Waals surface area contributed by atoms with Crippen LogP contribution < -0.4 is 5.32 Å². The van der Waals surface area contributed by atoms with Gasteiger partial charge in [0.1, 0.15) is 17.2 Å². The Morgan fingerprint density at radius 3 is 2.73 bits per heavy atom. The molecule has 0 fully saturated rings. The Bertz CT molecular complexity index is 1310. The maximum atomic E-state index is 14.0. The molecule has 9 nitrogen and oxygen atoms in total. The number of para-hydroxylation sites is 1. The van der Waals surface area contributed by atoms with Crippen LogP contribution in [-0.2, 0) is 16.1 Å². The van der Waals surface area contributed by atoms with Crippen LogP contribution in [0, 0.1) is 5.82 Å². The molecule has 0 aliphatic rings. The Hall–Kier alpha value is -3.86. The number of fused-ring (bicyclic) bond motifs is 1. The molecule has 4 rings (SSSR count). The van der Waals surface area contributed by atoms with E-state index in [0.717, 1.165) is 11.8 Å². The molecule has 0 aliphatic heterocycles. The maximum absolute atomic E-state index is 14.0. The van der Waals surface area contributed by atoms with Crippen molar-refractivity contribution < 1.29 is 18.7 Å². The van der Waals surface area contributed by atoms with Crippen molar-refractivity contribution in [2.45, 2.75) is 18.5 Å². The molecular weight excluding hydrogens is 447 g/mol. The average molecular weight is 466 g/mol. The van der Waals surface area contributed by atoms with E-state index < -0.39 is 5.97 Å². The van der Waals surface area contributed by atoms with Crippen LogP contribution in [0.4, 0.5) is 10.1 Å². The highest BCUT2D eigenvalue weighted by atomic mass is 32.2. The summed E-state index contributed by atoms with van der Waals surface area (Å²) in [6, 6.07) is 13.0. The van der Waals surface area contributed by atoms with Gasteiger partial charge in [-0.05, 0) is 25.1 Å². The third-order valence-electron chi connectivity index (χ3n) is 4.58. The number of ether oxygens (including phenoxy) is 1. The summed E-state index contributed by atoms with van der Waals surface area (Å²) in [7, 11) is 0. The van der Waals surface area contributed by atoms with Crippen LogP contribution in [0.5, 0.6) is 0 Å². The van der Waals surface area contributed by atoms with Gasteiger partial charge in [0.05, 0.1) is 30.2 Å². The monoisotopic (exact) mass is 466 g/mol. The minimum absolute atomic E-state index is 0.0173. The quantitative estimate of drug-likeness (QED) is 0.239. The summed E-state index contributed by atoms with van der Waals surface area (Å²) in [5.74, 6) is -1.17. The maximum Gasteiger partial charge on any atom is 0.340 e. The van der Waals surface area contributed by atoms with Gasteiger partial charge < -0.3 is 10.1 Å². The average Bonchev–Trinajstić information content (AvgIpc) is 3.23. The van der Waals surface area contributed by atoms with Crippen molar-refractivity contribution in [2.24, 2.45) is 0 Å². The molecule has 2 aromatic carbocycles. The summed E-state index contributed by atoms with van der Waals surface area (Å²) in [4.78, 5) is 33.0. The van der Waals surface area contributed by atoms with Crippen LogP contribution in [0.15, 0.2) is 59.9 Å². The van der Waals surface area contributed by atoms with E-state index >= 15 is 0 Å². The summed E-state index contributed by atoms with van der Waals surface area (Å²) >= 11 is 1.16. The van der Waals surface area contributed by atoms with Gasteiger partial charge in [0.25, 0.3) is 0 Å². The molecule has 1 amide bonds. The Morgan fingerprint density at radius 1 is 1.12 bits per heavy atom. The fourth-order valence-electron chi connectivity index (χ4n) is 3.07. The number of anilines is 1. The zero-order valence-electron chi connectivity index (χ0n) is 17.6. The molecule has 1 N–H and O–H groups in total. The Morgan fingerprint density at radius 2 is 1.91 bits per heavy atom. The van der Waals surface area contributed by atoms with Crippen LogP contribution in [0.25, 0.3) is 11.2 Å². The first-order chi connectivity index (χ1) is 16.1. The molecular formula is C22H19FN6O3S. The number of nitrogens with zero attached hydrogens (tertiary/aromatic N) is 5. The van der Waals surface area contributed by atoms with Crippen molar-refractivity contribution in [2.75, 3.05) is 17.7 Å². The minimum Gasteiger partial charge on any atom is -0.462 e. The number of esters is 1. The molecule has 0 aliphatic carbocycles. The van der Waals surface area contributed by atoms with E-state index in [0.29, 0.717) is 27.4 Å². The van der Waals surface area contributed by atoms with Crippen LogP contribution in [-0.4, -0.2) is 49.2 Å². The minimum atomic E-state index is -0.509. The summed E-state index contributed by atoms with van der Waals surface area (Å²) in [5, 5.41) is 11.4. The topological polar surface area (TPSA) is 112 Å². The lowest BCUT2D eigenvalue weighted by Crippen LogP contribution is -2.17. The highest BCUT2D eigenvalue weighted by Gasteiger charge is 2.17. The van der Waals surface area contributed by atoms with Gasteiger partial charge in [-0.1, -0.05) is 47.3 Å². The number of carbonyl (C=O) groups excluding carboxylic acids is 2. The highest BCUT2D eigenvalue weighted by molar-refractivity contribution is 8.00. The van der Waals surface area contributed by atoms with Crippen molar-refractivity contribution in [3.05, 3.63) is 71.8 Å². The van der Waals surface area contributed by atoms with Gasteiger partial charge in [0.15, 0.2) is 11.2 Å². The third kappa shape index (κ3) is 5.14. The fourth-order valence-corrected chi connectivity index (χ4v) is 3.80. The van der Waals surface area contributed by atoms with Gasteiger partial charge in [-0.25, -0.2) is 23.8 Å². The van der Waals surface area contributed by atoms with E-state index in [1.807, 2.05) is 0 Å². The summed E-state index contributed by atoms with van der Waals surface area (Å²) < 4.78 is 20.5. The van der Waals surface area contributed by atoms with E-state index in [-0.39, 0.29) is 36.2 Å². The predicted octanol–water partition coefficient (Wildman–Crippen LogP) is 3.32. The van der Waals surface area contributed by atoms with Crippen molar-refractivity contribution in [1.29, 1.82) is 0 Å². The smallest absolute Gasteiger partial charge is 0.340 e. The summed E-state index contributed by atoms with van der Waals surface area (Å²) in [6.07, 6.45) is 1.35. The molecule has 4 aromatic rings. The van der Waals surface area contributed by atoms with Gasteiger partial charge in [0, 0.05) is 5.56 Å². The lowest BCUT2D eigenvalue weighted by Gasteiger charge is -2.10. The molecule has 0 unspecified atom stereocenters. The highest BCUT2D eigenvalue weighted by Crippen LogP contribution is 2.24. The van der Waals surface area contributed by atoms with E-state index in [4.69, 9.17) is 4.74 Å². The number of carbonyl (C=O) groups is 2. The molecule has 0 saturated heterocycles. The van der Waals surface area contributed by atoms with Crippen LogP contribution in [0.2, 0.25) is 0 Å². The second-order valence-electron chi connectivity index (χ2n) is 6.79. The molecule has 11 heteroatoms. The summed E-state index contributed by atoms with van der Waals surface area (Å²) in [6.45, 7) is 2.11. The molecule has 2 heterocycles. The number of hydrogen-bond donors (Lipinski definition) is 1. The molecule has 33 heavy (non-hydrogen) atoms. The zero-order valence-corrected chi connectivity index (χ0v) is 18.4. The normalized spacial score (nSPS) is 10.8. The first-order valence-electron chi connectivity index (χ1n) is 10.0. The summed E-state index contributed by atoms with van der Waals surface area (Å²) in [5.41, 5.74) is 1.95. The van der Waals surface area contributed by atoms with E-state index in [9.17, 15) is 14.0 Å². The molecule has 0 atom stereocenters. The third-order valence-corrected chi connectivity index (χ3v) is 5.56. The van der Waals surface area contributed by atoms with Gasteiger partial charge >= 0.3 is 5.97 Å². The number of thioether (sulfide) groups is 1. The Kier molecular flexibility index (Phi) is 6.89. The molecule has 168 valence electrons. The predicted molar refractivity (Wildman–Crippen MR) is 120 cm³/mol. The first kappa shape index (κ1) is 22.3. The van der Waals surface area contributed by atoms with Crippen molar-refractivity contribution in [3.63, 3.8) is 0 Å². The fraction of sp³-hybridized carbons (Fsp3) is 0.182. The first-order valence-corrected chi connectivity index (χ1v) is 11.0. The zero-order chi connectivity index (χ0) is 23.2. The standard InChI is InChI=1S/C22H19FN6O3S/c1-2-32-22(31)15-8-4-6-10-17(15)26-18(30)12-33-21-19-20(24-13-25-21)29(28-27-19)11-14-7-3-5-9-16(14)23/h3-10,13H,2,11-12H2,1H3,(H,26,30). The van der Waals surface area contributed by atoms with Gasteiger partial charge in [-0.3, -0.25) is 4.79 Å². The Labute approximate surface area is 192 Å². The van der Waals surface area contributed by atoms with Crippen LogP contribution in [0.3, 0.4) is 0 Å². The van der Waals surface area contributed by atoms with Crippen LogP contribution in [0.1, 0.15) is 22.8 Å². The largest absolute Gasteiger partial charge is 0.462 e. The number of amides is 1. The Balaban J connectivity index is 1.46.